The van der Waals surface area contributed by atoms with E-state index in [9.17, 15) is 4.79 Å². The highest BCUT2D eigenvalue weighted by Gasteiger charge is 2.25. The number of hydrogen-bond donors (Lipinski definition) is 0. The Bertz CT molecular complexity index is 496. The number of hydrogen-bond acceptors (Lipinski definition) is 3. The third-order valence-corrected chi connectivity index (χ3v) is 3.74. The highest BCUT2D eigenvalue weighted by Crippen LogP contribution is 2.19. The Hall–Kier alpha value is -2.02. The zero-order valence-corrected chi connectivity index (χ0v) is 12.0. The molecule has 1 heterocycles. The summed E-state index contributed by atoms with van der Waals surface area (Å²) in [5.41, 5.74) is 0.585. The maximum atomic E-state index is 12.3. The van der Waals surface area contributed by atoms with Crippen molar-refractivity contribution in [3.05, 3.63) is 29.8 Å². The number of nitriles is 1. The Labute approximate surface area is 120 Å². The summed E-state index contributed by atoms with van der Waals surface area (Å²) in [6.07, 6.45) is 1.64. The molecule has 0 N–H and O–H groups in total. The minimum atomic E-state index is -0.489. The monoisotopic (exact) mass is 272 g/mol. The Morgan fingerprint density at radius 2 is 1.95 bits per heavy atom. The Morgan fingerprint density at radius 1 is 1.35 bits per heavy atom. The first-order valence-electron chi connectivity index (χ1n) is 7.05. The van der Waals surface area contributed by atoms with Crippen molar-refractivity contribution in [2.24, 2.45) is 5.92 Å². The summed E-state index contributed by atoms with van der Waals surface area (Å²) in [5, 5.41) is 8.74. The van der Waals surface area contributed by atoms with Crippen LogP contribution < -0.4 is 4.74 Å². The van der Waals surface area contributed by atoms with Gasteiger partial charge in [0.25, 0.3) is 5.91 Å². The lowest BCUT2D eigenvalue weighted by Crippen LogP contribution is -2.44. The summed E-state index contributed by atoms with van der Waals surface area (Å²) in [7, 11) is 0. The van der Waals surface area contributed by atoms with Gasteiger partial charge in [0.05, 0.1) is 11.6 Å². The van der Waals surface area contributed by atoms with E-state index in [1.165, 1.54) is 0 Å². The van der Waals surface area contributed by atoms with E-state index in [2.05, 4.69) is 13.0 Å². The van der Waals surface area contributed by atoms with Crippen molar-refractivity contribution in [1.82, 2.24) is 4.90 Å². The molecule has 0 spiro atoms. The third-order valence-electron chi connectivity index (χ3n) is 3.74. The van der Waals surface area contributed by atoms with Crippen LogP contribution in [0.2, 0.25) is 0 Å². The molecule has 1 aliphatic heterocycles. The van der Waals surface area contributed by atoms with Crippen LogP contribution in [0.4, 0.5) is 0 Å². The van der Waals surface area contributed by atoms with Crippen molar-refractivity contribution in [2.75, 3.05) is 13.1 Å². The van der Waals surface area contributed by atoms with E-state index in [1.54, 1.807) is 31.2 Å². The summed E-state index contributed by atoms with van der Waals surface area (Å²) >= 11 is 0. The largest absolute Gasteiger partial charge is 0.481 e. The normalized spacial score (nSPS) is 17.4. The first-order chi connectivity index (χ1) is 9.60. The molecule has 1 aromatic carbocycles. The van der Waals surface area contributed by atoms with Crippen LogP contribution in [0.3, 0.4) is 0 Å². The van der Waals surface area contributed by atoms with E-state index in [4.69, 9.17) is 10.00 Å². The summed E-state index contributed by atoms with van der Waals surface area (Å²) in [6.45, 7) is 5.64. The number of carbonyl (C=O) groups is 1. The van der Waals surface area contributed by atoms with Crippen LogP contribution in [0.5, 0.6) is 5.75 Å². The fourth-order valence-electron chi connectivity index (χ4n) is 2.35. The first-order valence-corrected chi connectivity index (χ1v) is 7.05. The molecule has 4 heteroatoms. The molecular weight excluding hydrogens is 252 g/mol. The highest BCUT2D eigenvalue weighted by molar-refractivity contribution is 5.81. The first kappa shape index (κ1) is 14.4. The van der Waals surface area contributed by atoms with Crippen LogP contribution in [-0.4, -0.2) is 30.0 Å². The topological polar surface area (TPSA) is 53.3 Å². The molecule has 0 aromatic heterocycles. The fourth-order valence-corrected chi connectivity index (χ4v) is 2.35. The Kier molecular flexibility index (Phi) is 4.62. The van der Waals surface area contributed by atoms with Crippen LogP contribution in [0.1, 0.15) is 32.3 Å². The molecule has 4 nitrogen and oxygen atoms in total. The molecule has 1 saturated heterocycles. The second-order valence-electron chi connectivity index (χ2n) is 5.40. The van der Waals surface area contributed by atoms with Crippen LogP contribution in [0.15, 0.2) is 24.3 Å². The molecule has 1 amide bonds. The Morgan fingerprint density at radius 3 is 2.50 bits per heavy atom. The number of rotatable bonds is 3. The summed E-state index contributed by atoms with van der Waals surface area (Å²) in [6, 6.07) is 8.88. The molecule has 0 radical (unpaired) electrons. The lowest BCUT2D eigenvalue weighted by Gasteiger charge is -2.32. The molecule has 1 aliphatic rings. The zero-order chi connectivity index (χ0) is 14.5. The molecule has 0 saturated carbocycles. The smallest absolute Gasteiger partial charge is 0.263 e. The summed E-state index contributed by atoms with van der Waals surface area (Å²) < 4.78 is 5.66. The summed E-state index contributed by atoms with van der Waals surface area (Å²) in [5.74, 6) is 1.37. The molecule has 0 bridgehead atoms. The van der Waals surface area contributed by atoms with Gasteiger partial charge in [-0.25, -0.2) is 0 Å². The lowest BCUT2D eigenvalue weighted by atomic mass is 9.99. The maximum Gasteiger partial charge on any atom is 0.263 e. The van der Waals surface area contributed by atoms with E-state index >= 15 is 0 Å². The molecule has 20 heavy (non-hydrogen) atoms. The van der Waals surface area contributed by atoms with E-state index in [-0.39, 0.29) is 5.91 Å². The third kappa shape index (κ3) is 3.51. The molecule has 1 atom stereocenters. The van der Waals surface area contributed by atoms with Crippen LogP contribution in [-0.2, 0) is 4.79 Å². The molecular formula is C16H20N2O2. The second-order valence-corrected chi connectivity index (χ2v) is 5.40. The number of likely N-dealkylation sites (tertiary alicyclic amines) is 1. The molecule has 2 rings (SSSR count). The predicted molar refractivity (Wildman–Crippen MR) is 76.2 cm³/mol. The van der Waals surface area contributed by atoms with Crippen molar-refractivity contribution in [2.45, 2.75) is 32.8 Å². The van der Waals surface area contributed by atoms with Gasteiger partial charge in [-0.3, -0.25) is 4.79 Å². The van der Waals surface area contributed by atoms with Crippen molar-refractivity contribution in [3.63, 3.8) is 0 Å². The van der Waals surface area contributed by atoms with Crippen LogP contribution in [0, 0.1) is 17.2 Å². The number of amides is 1. The van der Waals surface area contributed by atoms with E-state index in [0.29, 0.717) is 17.2 Å². The van der Waals surface area contributed by atoms with Crippen LogP contribution in [0.25, 0.3) is 0 Å². The van der Waals surface area contributed by atoms with Crippen LogP contribution >= 0.6 is 0 Å². The molecule has 1 unspecified atom stereocenters. The van der Waals surface area contributed by atoms with Crippen molar-refractivity contribution >= 4 is 5.91 Å². The minimum absolute atomic E-state index is 0.0428. The minimum Gasteiger partial charge on any atom is -0.481 e. The van der Waals surface area contributed by atoms with Gasteiger partial charge < -0.3 is 9.64 Å². The SMILES string of the molecule is CC1CCN(C(=O)C(C)Oc2ccc(C#N)cc2)CC1. The zero-order valence-electron chi connectivity index (χ0n) is 12.0. The van der Waals surface area contributed by atoms with E-state index in [1.807, 2.05) is 4.90 Å². The number of piperidine rings is 1. The standard InChI is InChI=1S/C16H20N2O2/c1-12-7-9-18(10-8-12)16(19)13(2)20-15-5-3-14(11-17)4-6-15/h3-6,12-13H,7-10H2,1-2H3. The van der Waals surface area contributed by atoms with Gasteiger partial charge in [-0.15, -0.1) is 0 Å². The van der Waals surface area contributed by atoms with Crippen molar-refractivity contribution in [1.29, 1.82) is 5.26 Å². The van der Waals surface area contributed by atoms with Gasteiger partial charge >= 0.3 is 0 Å². The Balaban J connectivity index is 1.91. The van der Waals surface area contributed by atoms with Gasteiger partial charge in [0.15, 0.2) is 6.10 Å². The molecule has 1 aromatic rings. The van der Waals surface area contributed by atoms with Crippen molar-refractivity contribution in [3.8, 4) is 11.8 Å². The number of nitrogens with zero attached hydrogens (tertiary/aromatic N) is 2. The average molecular weight is 272 g/mol. The van der Waals surface area contributed by atoms with Gasteiger partial charge in [-0.1, -0.05) is 6.92 Å². The van der Waals surface area contributed by atoms with Gasteiger partial charge in [0, 0.05) is 13.1 Å². The number of benzene rings is 1. The predicted octanol–water partition coefficient (Wildman–Crippen LogP) is 2.58. The van der Waals surface area contributed by atoms with Gasteiger partial charge in [0.2, 0.25) is 0 Å². The number of ether oxygens (including phenoxy) is 1. The van der Waals surface area contributed by atoms with E-state index in [0.717, 1.165) is 25.9 Å². The van der Waals surface area contributed by atoms with Gasteiger partial charge in [-0.2, -0.15) is 5.26 Å². The molecule has 1 fully saturated rings. The average Bonchev–Trinajstić information content (AvgIpc) is 2.48. The van der Waals surface area contributed by atoms with Crippen molar-refractivity contribution < 1.29 is 9.53 Å². The molecule has 0 aliphatic carbocycles. The van der Waals surface area contributed by atoms with Gasteiger partial charge in [-0.05, 0) is 49.9 Å². The molecule has 106 valence electrons. The lowest BCUT2D eigenvalue weighted by molar-refractivity contribution is -0.139. The fraction of sp³-hybridized carbons (Fsp3) is 0.500. The summed E-state index contributed by atoms with van der Waals surface area (Å²) in [4.78, 5) is 14.2. The maximum absolute atomic E-state index is 12.3. The van der Waals surface area contributed by atoms with E-state index < -0.39 is 6.10 Å². The second kappa shape index (κ2) is 6.42. The van der Waals surface area contributed by atoms with Gasteiger partial charge in [0.1, 0.15) is 5.75 Å². The highest BCUT2D eigenvalue weighted by atomic mass is 16.5. The quantitative estimate of drug-likeness (QED) is 0.849. The number of carbonyl (C=O) groups excluding carboxylic acids is 1.